The number of nitrogens with one attached hydrogen (secondary N) is 2. The molecule has 6 heteroatoms. The summed E-state index contributed by atoms with van der Waals surface area (Å²) >= 11 is 5.90. The van der Waals surface area contributed by atoms with E-state index in [9.17, 15) is 8.42 Å². The van der Waals surface area contributed by atoms with E-state index >= 15 is 0 Å². The molecule has 4 nitrogen and oxygen atoms in total. The summed E-state index contributed by atoms with van der Waals surface area (Å²) in [7, 11) is -3.58. The van der Waals surface area contributed by atoms with Crippen molar-refractivity contribution in [3.8, 4) is 0 Å². The van der Waals surface area contributed by atoms with E-state index in [-0.39, 0.29) is 11.4 Å². The summed E-state index contributed by atoms with van der Waals surface area (Å²) in [5.74, 6) is 0. The Hall–Kier alpha value is -1.40. The maximum absolute atomic E-state index is 12.4. The van der Waals surface area contributed by atoms with Gasteiger partial charge in [-0.3, -0.25) is 0 Å². The molecule has 3 rings (SSSR count). The van der Waals surface area contributed by atoms with Gasteiger partial charge < -0.3 is 5.32 Å². The predicted octanol–water partition coefficient (Wildman–Crippen LogP) is 2.73. The molecule has 1 aliphatic rings. The van der Waals surface area contributed by atoms with E-state index in [0.717, 1.165) is 18.7 Å². The highest BCUT2D eigenvalue weighted by atomic mass is 35.5. The molecule has 0 radical (unpaired) electrons. The zero-order valence-electron chi connectivity index (χ0n) is 12.2. The maximum atomic E-state index is 12.4. The molecular formula is C16H17ClN2O2S. The van der Waals surface area contributed by atoms with E-state index < -0.39 is 10.0 Å². The Bertz CT molecular complexity index is 819. The molecule has 22 heavy (non-hydrogen) atoms. The molecule has 0 fully saturated rings. The first kappa shape index (κ1) is 15.5. The minimum atomic E-state index is -3.58. The van der Waals surface area contributed by atoms with Crippen LogP contribution in [0, 0.1) is 6.92 Å². The average Bonchev–Trinajstić information content (AvgIpc) is 2.95. The summed E-state index contributed by atoms with van der Waals surface area (Å²) in [5, 5.41) is 3.69. The summed E-state index contributed by atoms with van der Waals surface area (Å²) in [4.78, 5) is 0.225. The van der Waals surface area contributed by atoms with Gasteiger partial charge in [-0.05, 0) is 41.3 Å². The number of sulfonamides is 1. The molecular weight excluding hydrogens is 320 g/mol. The maximum Gasteiger partial charge on any atom is 0.241 e. The van der Waals surface area contributed by atoms with E-state index in [0.29, 0.717) is 10.6 Å². The Balaban J connectivity index is 1.79. The van der Waals surface area contributed by atoms with E-state index in [1.54, 1.807) is 19.1 Å². The average molecular weight is 337 g/mol. The van der Waals surface area contributed by atoms with Gasteiger partial charge in [0.05, 0.1) is 4.90 Å². The van der Waals surface area contributed by atoms with Gasteiger partial charge in [0.15, 0.2) is 0 Å². The SMILES string of the molecule is Cc1ccc(Cl)cc1S(=O)(=O)NCc1ccc2c(c1)CNC2. The Morgan fingerprint density at radius 1 is 1.14 bits per heavy atom. The Morgan fingerprint density at radius 2 is 1.91 bits per heavy atom. The lowest BCUT2D eigenvalue weighted by molar-refractivity contribution is 0.580. The number of aryl methyl sites for hydroxylation is 1. The van der Waals surface area contributed by atoms with Crippen molar-refractivity contribution in [3.05, 3.63) is 63.7 Å². The first-order chi connectivity index (χ1) is 10.5. The van der Waals surface area contributed by atoms with Crippen LogP contribution in [0.2, 0.25) is 5.02 Å². The second-order valence-corrected chi connectivity index (χ2v) is 7.61. The highest BCUT2D eigenvalue weighted by molar-refractivity contribution is 7.89. The van der Waals surface area contributed by atoms with Crippen molar-refractivity contribution in [1.29, 1.82) is 0 Å². The fraction of sp³-hybridized carbons (Fsp3) is 0.250. The second kappa shape index (κ2) is 6.01. The van der Waals surface area contributed by atoms with Crippen LogP contribution in [0.25, 0.3) is 0 Å². The van der Waals surface area contributed by atoms with E-state index in [2.05, 4.69) is 10.0 Å². The summed E-state index contributed by atoms with van der Waals surface area (Å²) in [6.07, 6.45) is 0. The standard InChI is InChI=1S/C16H17ClN2O2S/c1-11-2-5-15(17)7-16(11)22(20,21)19-8-12-3-4-13-9-18-10-14(13)6-12/h2-7,18-19H,8-10H2,1H3. The molecule has 2 N–H and O–H groups in total. The number of benzene rings is 2. The van der Waals surface area contributed by atoms with E-state index in [4.69, 9.17) is 11.6 Å². The van der Waals surface area contributed by atoms with E-state index in [1.165, 1.54) is 17.2 Å². The summed E-state index contributed by atoms with van der Waals surface area (Å²) in [5.41, 5.74) is 4.13. The van der Waals surface area contributed by atoms with Crippen LogP contribution in [-0.2, 0) is 29.7 Å². The predicted molar refractivity (Wildman–Crippen MR) is 87.2 cm³/mol. The quantitative estimate of drug-likeness (QED) is 0.902. The molecule has 1 heterocycles. The van der Waals surface area contributed by atoms with Gasteiger partial charge in [-0.15, -0.1) is 0 Å². The molecule has 0 atom stereocenters. The smallest absolute Gasteiger partial charge is 0.241 e. The van der Waals surface area contributed by atoms with Crippen LogP contribution >= 0.6 is 11.6 Å². The van der Waals surface area contributed by atoms with Crippen LogP contribution in [0.5, 0.6) is 0 Å². The highest BCUT2D eigenvalue weighted by Gasteiger charge is 2.17. The Labute approximate surface area is 135 Å². The molecule has 2 aromatic rings. The monoisotopic (exact) mass is 336 g/mol. The fourth-order valence-electron chi connectivity index (χ4n) is 2.58. The van der Waals surface area contributed by atoms with Gasteiger partial charge in [-0.2, -0.15) is 0 Å². The molecule has 0 bridgehead atoms. The lowest BCUT2D eigenvalue weighted by atomic mass is 10.1. The zero-order chi connectivity index (χ0) is 15.7. The van der Waals surface area contributed by atoms with Gasteiger partial charge in [0.1, 0.15) is 0 Å². The molecule has 0 amide bonds. The van der Waals surface area contributed by atoms with Gasteiger partial charge in [0, 0.05) is 24.7 Å². The molecule has 0 aromatic heterocycles. The van der Waals surface area contributed by atoms with Crippen molar-refractivity contribution in [1.82, 2.24) is 10.0 Å². The van der Waals surface area contributed by atoms with Crippen LogP contribution < -0.4 is 10.0 Å². The van der Waals surface area contributed by atoms with Gasteiger partial charge in [0.2, 0.25) is 10.0 Å². The third-order valence-electron chi connectivity index (χ3n) is 3.81. The molecule has 0 spiro atoms. The highest BCUT2D eigenvalue weighted by Crippen LogP contribution is 2.21. The number of hydrogen-bond donors (Lipinski definition) is 2. The fourth-order valence-corrected chi connectivity index (χ4v) is 4.10. The third-order valence-corrected chi connectivity index (χ3v) is 5.59. The topological polar surface area (TPSA) is 58.2 Å². The summed E-state index contributed by atoms with van der Waals surface area (Å²) < 4.78 is 27.5. The van der Waals surface area contributed by atoms with Crippen molar-refractivity contribution >= 4 is 21.6 Å². The van der Waals surface area contributed by atoms with Crippen LogP contribution in [0.1, 0.15) is 22.3 Å². The van der Waals surface area contributed by atoms with Crippen LogP contribution in [0.3, 0.4) is 0 Å². The Kier molecular flexibility index (Phi) is 4.23. The molecule has 0 saturated heterocycles. The largest absolute Gasteiger partial charge is 0.309 e. The number of fused-ring (bicyclic) bond motifs is 1. The first-order valence-electron chi connectivity index (χ1n) is 7.03. The molecule has 0 unspecified atom stereocenters. The minimum absolute atomic E-state index is 0.225. The van der Waals surface area contributed by atoms with Gasteiger partial charge in [0.25, 0.3) is 0 Å². The van der Waals surface area contributed by atoms with Crippen molar-refractivity contribution in [2.75, 3.05) is 0 Å². The number of hydrogen-bond acceptors (Lipinski definition) is 3. The van der Waals surface area contributed by atoms with Crippen LogP contribution in [0.4, 0.5) is 0 Å². The van der Waals surface area contributed by atoms with Crippen molar-refractivity contribution in [2.24, 2.45) is 0 Å². The zero-order valence-corrected chi connectivity index (χ0v) is 13.8. The Morgan fingerprint density at radius 3 is 2.73 bits per heavy atom. The number of halogens is 1. The van der Waals surface area contributed by atoms with E-state index in [1.807, 2.05) is 18.2 Å². The number of rotatable bonds is 4. The lowest BCUT2D eigenvalue weighted by Gasteiger charge is -2.10. The van der Waals surface area contributed by atoms with Gasteiger partial charge in [-0.25, -0.2) is 13.1 Å². The molecule has 1 aliphatic heterocycles. The van der Waals surface area contributed by atoms with Crippen LogP contribution in [0.15, 0.2) is 41.3 Å². The normalized spacial score (nSPS) is 14.1. The molecule has 0 aliphatic carbocycles. The third kappa shape index (κ3) is 3.17. The molecule has 116 valence electrons. The summed E-state index contributed by atoms with van der Waals surface area (Å²) in [6, 6.07) is 10.9. The van der Waals surface area contributed by atoms with Crippen molar-refractivity contribution < 1.29 is 8.42 Å². The molecule has 2 aromatic carbocycles. The van der Waals surface area contributed by atoms with Gasteiger partial charge in [-0.1, -0.05) is 35.9 Å². The first-order valence-corrected chi connectivity index (χ1v) is 8.89. The lowest BCUT2D eigenvalue weighted by Crippen LogP contribution is -2.24. The minimum Gasteiger partial charge on any atom is -0.309 e. The van der Waals surface area contributed by atoms with Gasteiger partial charge >= 0.3 is 0 Å². The van der Waals surface area contributed by atoms with Crippen molar-refractivity contribution in [2.45, 2.75) is 31.5 Å². The second-order valence-electron chi connectivity index (χ2n) is 5.44. The van der Waals surface area contributed by atoms with Crippen LogP contribution in [-0.4, -0.2) is 8.42 Å². The van der Waals surface area contributed by atoms with Crippen molar-refractivity contribution in [3.63, 3.8) is 0 Å². The molecule has 0 saturated carbocycles. The summed E-state index contributed by atoms with van der Waals surface area (Å²) in [6.45, 7) is 3.74.